The van der Waals surface area contributed by atoms with Crippen molar-refractivity contribution in [2.24, 2.45) is 0 Å². The second kappa shape index (κ2) is 8.32. The molecule has 1 unspecified atom stereocenters. The van der Waals surface area contributed by atoms with Crippen LogP contribution in [0.2, 0.25) is 0 Å². The summed E-state index contributed by atoms with van der Waals surface area (Å²) in [7, 11) is 0. The monoisotopic (exact) mass is 330 g/mol. The lowest BCUT2D eigenvalue weighted by Crippen LogP contribution is -2.38. The second-order valence-electron chi connectivity index (χ2n) is 4.38. The maximum absolute atomic E-state index is 12.1. The molecule has 0 aromatic carbocycles. The lowest BCUT2D eigenvalue weighted by Gasteiger charge is -2.20. The molecule has 0 fully saturated rings. The number of hydrogen-bond acceptors (Lipinski definition) is 3. The van der Waals surface area contributed by atoms with Crippen molar-refractivity contribution in [2.75, 3.05) is 26.2 Å². The van der Waals surface area contributed by atoms with Gasteiger partial charge in [-0.05, 0) is 35.4 Å². The van der Waals surface area contributed by atoms with Crippen LogP contribution in [0.25, 0.3) is 0 Å². The van der Waals surface area contributed by atoms with Crippen molar-refractivity contribution in [3.8, 4) is 0 Å². The molecule has 19 heavy (non-hydrogen) atoms. The van der Waals surface area contributed by atoms with Crippen molar-refractivity contribution in [1.29, 1.82) is 0 Å². The molecule has 6 heteroatoms. The number of nitrogens with zero attached hydrogens (tertiary/aromatic N) is 3. The first-order valence-corrected chi connectivity index (χ1v) is 7.61. The van der Waals surface area contributed by atoms with Crippen LogP contribution >= 0.6 is 15.9 Å². The van der Waals surface area contributed by atoms with Crippen LogP contribution < -0.4 is 5.32 Å². The number of aromatic nitrogens is 2. The summed E-state index contributed by atoms with van der Waals surface area (Å²) >= 11 is 3.35. The molecule has 1 atom stereocenters. The maximum Gasteiger partial charge on any atom is 0.244 e. The summed E-state index contributed by atoms with van der Waals surface area (Å²) < 4.78 is 2.60. The van der Waals surface area contributed by atoms with E-state index in [0.717, 1.165) is 30.5 Å². The zero-order valence-electron chi connectivity index (χ0n) is 11.9. The first-order chi connectivity index (χ1) is 9.12. The highest BCUT2D eigenvalue weighted by molar-refractivity contribution is 9.10. The van der Waals surface area contributed by atoms with E-state index >= 15 is 0 Å². The fourth-order valence-electron chi connectivity index (χ4n) is 1.97. The van der Waals surface area contributed by atoms with E-state index in [1.165, 1.54) is 0 Å². The molecule has 1 amide bonds. The summed E-state index contributed by atoms with van der Waals surface area (Å²) in [6.45, 7) is 9.83. The lowest BCUT2D eigenvalue weighted by atomic mass is 10.2. The Balaban J connectivity index is 2.46. The Morgan fingerprint density at radius 1 is 1.47 bits per heavy atom. The smallest absolute Gasteiger partial charge is 0.244 e. The minimum atomic E-state index is -0.233. The molecule has 1 rings (SSSR count). The van der Waals surface area contributed by atoms with E-state index in [4.69, 9.17) is 0 Å². The zero-order valence-corrected chi connectivity index (χ0v) is 13.5. The van der Waals surface area contributed by atoms with Crippen molar-refractivity contribution >= 4 is 21.8 Å². The lowest BCUT2D eigenvalue weighted by molar-refractivity contribution is -0.124. The Kier molecular flexibility index (Phi) is 7.09. The van der Waals surface area contributed by atoms with E-state index in [1.54, 1.807) is 10.9 Å². The van der Waals surface area contributed by atoms with Gasteiger partial charge in [0.05, 0.1) is 10.7 Å². The third kappa shape index (κ3) is 4.95. The molecule has 0 bridgehead atoms. The van der Waals surface area contributed by atoms with Gasteiger partial charge in [-0.1, -0.05) is 20.8 Å². The van der Waals surface area contributed by atoms with Crippen LogP contribution in [0.1, 0.15) is 33.2 Å². The summed E-state index contributed by atoms with van der Waals surface area (Å²) in [6.07, 6.45) is 4.26. The molecule has 0 saturated carbocycles. The number of hydrogen-bond donors (Lipinski definition) is 1. The van der Waals surface area contributed by atoms with Gasteiger partial charge in [0.25, 0.3) is 0 Å². The molecule has 1 aromatic heterocycles. The number of amides is 1. The number of carbonyl (C=O) groups is 1. The fraction of sp³-hybridized carbons (Fsp3) is 0.692. The first kappa shape index (κ1) is 16.2. The minimum absolute atomic E-state index is 0.0326. The van der Waals surface area contributed by atoms with Gasteiger partial charge in [-0.15, -0.1) is 0 Å². The van der Waals surface area contributed by atoms with Gasteiger partial charge in [0.15, 0.2) is 0 Å². The molecule has 1 N–H and O–H groups in total. The Bertz CT molecular complexity index is 390. The molecule has 0 aliphatic heterocycles. The van der Waals surface area contributed by atoms with Gasteiger partial charge >= 0.3 is 0 Å². The summed E-state index contributed by atoms with van der Waals surface area (Å²) in [5.41, 5.74) is 0. The summed E-state index contributed by atoms with van der Waals surface area (Å²) in [5, 5.41) is 7.17. The normalized spacial score (nSPS) is 12.7. The highest BCUT2D eigenvalue weighted by Gasteiger charge is 2.18. The Morgan fingerprint density at radius 3 is 2.63 bits per heavy atom. The highest BCUT2D eigenvalue weighted by Crippen LogP contribution is 2.14. The number of carbonyl (C=O) groups excluding carboxylic acids is 1. The van der Waals surface area contributed by atoms with Gasteiger partial charge in [-0.2, -0.15) is 5.10 Å². The van der Waals surface area contributed by atoms with Crippen LogP contribution in [0.3, 0.4) is 0 Å². The minimum Gasteiger partial charge on any atom is -0.353 e. The van der Waals surface area contributed by atoms with E-state index < -0.39 is 0 Å². The van der Waals surface area contributed by atoms with E-state index in [1.807, 2.05) is 13.1 Å². The van der Waals surface area contributed by atoms with Crippen molar-refractivity contribution < 1.29 is 4.79 Å². The van der Waals surface area contributed by atoms with Gasteiger partial charge in [-0.25, -0.2) is 0 Å². The molecule has 0 aliphatic rings. The topological polar surface area (TPSA) is 50.2 Å². The molecule has 0 saturated heterocycles. The van der Waals surface area contributed by atoms with E-state index in [-0.39, 0.29) is 11.9 Å². The van der Waals surface area contributed by atoms with Crippen LogP contribution in [0, 0.1) is 0 Å². The molecule has 108 valence electrons. The quantitative estimate of drug-likeness (QED) is 0.793. The molecule has 0 radical (unpaired) electrons. The number of rotatable bonds is 8. The highest BCUT2D eigenvalue weighted by atomic mass is 79.9. The molecule has 0 aliphatic carbocycles. The first-order valence-electron chi connectivity index (χ1n) is 6.82. The molecule has 0 spiro atoms. The standard InChI is InChI=1S/C13H23BrN4O/c1-4-12(18-10-11(14)9-16-18)13(19)15-7-8-17(5-2)6-3/h9-10,12H,4-8H2,1-3H3,(H,15,19). The third-order valence-corrected chi connectivity index (χ3v) is 3.61. The van der Waals surface area contributed by atoms with Crippen molar-refractivity contribution in [3.63, 3.8) is 0 Å². The maximum atomic E-state index is 12.1. The van der Waals surface area contributed by atoms with Gasteiger partial charge in [0.1, 0.15) is 6.04 Å². The largest absolute Gasteiger partial charge is 0.353 e. The fourth-order valence-corrected chi connectivity index (χ4v) is 2.27. The SMILES string of the molecule is CCC(C(=O)NCCN(CC)CC)n1cc(Br)cn1. The molecule has 1 heterocycles. The number of nitrogens with one attached hydrogen (secondary N) is 1. The van der Waals surface area contributed by atoms with Gasteiger partial charge in [0.2, 0.25) is 5.91 Å². The predicted octanol–water partition coefficient (Wildman–Crippen LogP) is 2.05. The number of halogens is 1. The Morgan fingerprint density at radius 2 is 2.16 bits per heavy atom. The Hall–Kier alpha value is -0.880. The molecule has 5 nitrogen and oxygen atoms in total. The van der Waals surface area contributed by atoms with Crippen LogP contribution in [0.15, 0.2) is 16.9 Å². The van der Waals surface area contributed by atoms with Gasteiger partial charge < -0.3 is 10.2 Å². The van der Waals surface area contributed by atoms with Gasteiger partial charge in [0, 0.05) is 19.3 Å². The van der Waals surface area contributed by atoms with E-state index in [2.05, 4.69) is 45.1 Å². The summed E-state index contributed by atoms with van der Waals surface area (Å²) in [5.74, 6) is 0.0326. The van der Waals surface area contributed by atoms with Crippen LogP contribution in [0.4, 0.5) is 0 Å². The summed E-state index contributed by atoms with van der Waals surface area (Å²) in [6, 6.07) is -0.233. The van der Waals surface area contributed by atoms with Crippen molar-refractivity contribution in [1.82, 2.24) is 20.0 Å². The van der Waals surface area contributed by atoms with E-state index in [0.29, 0.717) is 6.54 Å². The summed E-state index contributed by atoms with van der Waals surface area (Å²) in [4.78, 5) is 14.4. The van der Waals surface area contributed by atoms with Crippen molar-refractivity contribution in [3.05, 3.63) is 16.9 Å². The van der Waals surface area contributed by atoms with Crippen LogP contribution in [-0.4, -0.2) is 46.8 Å². The third-order valence-electron chi connectivity index (χ3n) is 3.20. The van der Waals surface area contributed by atoms with Gasteiger partial charge in [-0.3, -0.25) is 9.48 Å². The number of likely N-dealkylation sites (N-methyl/N-ethyl adjacent to an activating group) is 1. The molecule has 1 aromatic rings. The van der Waals surface area contributed by atoms with Crippen LogP contribution in [-0.2, 0) is 4.79 Å². The molecular weight excluding hydrogens is 308 g/mol. The van der Waals surface area contributed by atoms with E-state index in [9.17, 15) is 4.79 Å². The van der Waals surface area contributed by atoms with Crippen molar-refractivity contribution in [2.45, 2.75) is 33.2 Å². The zero-order chi connectivity index (χ0) is 14.3. The predicted molar refractivity (Wildman–Crippen MR) is 80.1 cm³/mol. The second-order valence-corrected chi connectivity index (χ2v) is 5.30. The average Bonchev–Trinajstić information content (AvgIpc) is 2.82. The Labute approximate surface area is 123 Å². The van der Waals surface area contributed by atoms with Crippen LogP contribution in [0.5, 0.6) is 0 Å². The average molecular weight is 331 g/mol. The molecular formula is C13H23BrN4O.